The Labute approximate surface area is 150 Å². The van der Waals surface area contributed by atoms with Crippen LogP contribution in [0.25, 0.3) is 0 Å². The van der Waals surface area contributed by atoms with Gasteiger partial charge in [0.2, 0.25) is 11.8 Å². The van der Waals surface area contributed by atoms with E-state index in [4.69, 9.17) is 0 Å². The fourth-order valence-corrected chi connectivity index (χ4v) is 3.74. The minimum atomic E-state index is -0.0159. The van der Waals surface area contributed by atoms with Gasteiger partial charge in [-0.15, -0.1) is 0 Å². The lowest BCUT2D eigenvalue weighted by atomic mass is 9.95. The lowest BCUT2D eigenvalue weighted by Gasteiger charge is -2.38. The van der Waals surface area contributed by atoms with Gasteiger partial charge in [0.1, 0.15) is 0 Å². The molecule has 5 heteroatoms. The molecule has 0 aromatic heterocycles. The number of rotatable bonds is 5. The number of amides is 2. The van der Waals surface area contributed by atoms with Crippen LogP contribution in [0.2, 0.25) is 0 Å². The topological polar surface area (TPSA) is 43.9 Å². The van der Waals surface area contributed by atoms with Gasteiger partial charge in [-0.25, -0.2) is 0 Å². The van der Waals surface area contributed by atoms with Gasteiger partial charge in [-0.05, 0) is 31.9 Å². The lowest BCUT2D eigenvalue weighted by molar-refractivity contribution is -0.144. The first-order valence-electron chi connectivity index (χ1n) is 9.42. The molecule has 0 aliphatic carbocycles. The number of aryl methyl sites for hydroxylation is 1. The van der Waals surface area contributed by atoms with Crippen LogP contribution in [0.4, 0.5) is 0 Å². The Morgan fingerprint density at radius 1 is 1.12 bits per heavy atom. The molecule has 1 atom stereocenters. The van der Waals surface area contributed by atoms with E-state index < -0.39 is 0 Å². The maximum absolute atomic E-state index is 12.8. The molecule has 25 heavy (non-hydrogen) atoms. The molecule has 0 unspecified atom stereocenters. The number of piperidine rings is 1. The molecule has 2 fully saturated rings. The average Bonchev–Trinajstić information content (AvgIpc) is 2.64. The van der Waals surface area contributed by atoms with Crippen molar-refractivity contribution < 1.29 is 9.59 Å². The Balaban J connectivity index is 1.49. The summed E-state index contributed by atoms with van der Waals surface area (Å²) in [5, 5.41) is 0. The third kappa shape index (κ3) is 4.82. The van der Waals surface area contributed by atoms with E-state index in [0.717, 1.165) is 45.6 Å². The number of hydrogen-bond acceptors (Lipinski definition) is 3. The molecule has 0 spiro atoms. The Kier molecular flexibility index (Phi) is 6.08. The van der Waals surface area contributed by atoms with E-state index >= 15 is 0 Å². The minimum absolute atomic E-state index is 0.0159. The number of carbonyl (C=O) groups is 2. The van der Waals surface area contributed by atoms with Crippen LogP contribution >= 0.6 is 0 Å². The predicted octanol–water partition coefficient (Wildman–Crippen LogP) is 1.63. The fourth-order valence-electron chi connectivity index (χ4n) is 3.74. The molecule has 3 rings (SSSR count). The van der Waals surface area contributed by atoms with Crippen LogP contribution in [0.15, 0.2) is 30.3 Å². The molecule has 2 saturated heterocycles. The third-order valence-electron chi connectivity index (χ3n) is 5.40. The molecular weight excluding hydrogens is 314 g/mol. The van der Waals surface area contributed by atoms with Gasteiger partial charge < -0.3 is 14.7 Å². The quantitative estimate of drug-likeness (QED) is 0.816. The lowest BCUT2D eigenvalue weighted by Crippen LogP contribution is -2.52. The molecular formula is C20H29N3O2. The summed E-state index contributed by atoms with van der Waals surface area (Å²) < 4.78 is 0. The van der Waals surface area contributed by atoms with E-state index in [0.29, 0.717) is 19.4 Å². The molecule has 2 aliphatic heterocycles. The molecule has 2 heterocycles. The summed E-state index contributed by atoms with van der Waals surface area (Å²) >= 11 is 0. The second-order valence-electron chi connectivity index (χ2n) is 7.29. The number of hydrogen-bond donors (Lipinski definition) is 0. The van der Waals surface area contributed by atoms with Crippen molar-refractivity contribution in [1.82, 2.24) is 14.7 Å². The molecule has 1 aromatic carbocycles. The molecule has 2 aliphatic rings. The highest BCUT2D eigenvalue weighted by Crippen LogP contribution is 2.21. The van der Waals surface area contributed by atoms with Crippen molar-refractivity contribution in [2.75, 3.05) is 46.3 Å². The molecule has 0 bridgehead atoms. The van der Waals surface area contributed by atoms with Crippen LogP contribution in [-0.4, -0.2) is 72.8 Å². The molecule has 1 aromatic rings. The van der Waals surface area contributed by atoms with E-state index in [-0.39, 0.29) is 17.7 Å². The molecule has 2 amide bonds. The summed E-state index contributed by atoms with van der Waals surface area (Å²) in [6.45, 7) is 4.86. The smallest absolute Gasteiger partial charge is 0.227 e. The number of benzene rings is 1. The Morgan fingerprint density at radius 2 is 1.84 bits per heavy atom. The summed E-state index contributed by atoms with van der Waals surface area (Å²) in [6.07, 6.45) is 3.14. The van der Waals surface area contributed by atoms with Gasteiger partial charge in [0.25, 0.3) is 0 Å². The highest BCUT2D eigenvalue weighted by Gasteiger charge is 2.33. The maximum atomic E-state index is 12.8. The molecule has 0 radical (unpaired) electrons. The van der Waals surface area contributed by atoms with Gasteiger partial charge in [-0.2, -0.15) is 0 Å². The van der Waals surface area contributed by atoms with Gasteiger partial charge in [-0.3, -0.25) is 9.59 Å². The van der Waals surface area contributed by atoms with Crippen molar-refractivity contribution in [2.45, 2.75) is 25.7 Å². The summed E-state index contributed by atoms with van der Waals surface area (Å²) in [5.74, 6) is 0.432. The van der Waals surface area contributed by atoms with Gasteiger partial charge in [0, 0.05) is 45.7 Å². The number of nitrogens with zero attached hydrogens (tertiary/aromatic N) is 3. The van der Waals surface area contributed by atoms with Crippen molar-refractivity contribution >= 4 is 11.8 Å². The first-order valence-corrected chi connectivity index (χ1v) is 9.42. The summed E-state index contributed by atoms with van der Waals surface area (Å²) in [6, 6.07) is 10.4. The molecule has 5 nitrogen and oxygen atoms in total. The standard InChI is InChI=1S/C20H29N3O2/c1-21-12-14-22(15-13-21)20(25)18-9-10-19(24)23(16-18)11-5-8-17-6-3-2-4-7-17/h2-4,6-7,18H,5,8-16H2,1H3/t18-/m0/s1. The zero-order valence-corrected chi connectivity index (χ0v) is 15.2. The predicted molar refractivity (Wildman–Crippen MR) is 98.1 cm³/mol. The minimum Gasteiger partial charge on any atom is -0.342 e. The first kappa shape index (κ1) is 17.9. The largest absolute Gasteiger partial charge is 0.342 e. The summed E-state index contributed by atoms with van der Waals surface area (Å²) in [4.78, 5) is 31.1. The van der Waals surface area contributed by atoms with Crippen LogP contribution in [0.1, 0.15) is 24.8 Å². The third-order valence-corrected chi connectivity index (χ3v) is 5.40. The molecule has 136 valence electrons. The Morgan fingerprint density at radius 3 is 2.56 bits per heavy atom. The van der Waals surface area contributed by atoms with Crippen LogP contribution < -0.4 is 0 Å². The SMILES string of the molecule is CN1CCN(C(=O)[C@H]2CCC(=O)N(CCCc3ccccc3)C2)CC1. The average molecular weight is 343 g/mol. The fraction of sp³-hybridized carbons (Fsp3) is 0.600. The normalized spacial score (nSPS) is 22.3. The number of likely N-dealkylation sites (tertiary alicyclic amines) is 1. The molecule has 0 saturated carbocycles. The van der Waals surface area contributed by atoms with Crippen molar-refractivity contribution in [3.63, 3.8) is 0 Å². The van der Waals surface area contributed by atoms with Crippen molar-refractivity contribution in [3.8, 4) is 0 Å². The summed E-state index contributed by atoms with van der Waals surface area (Å²) in [5.41, 5.74) is 1.30. The number of carbonyl (C=O) groups excluding carboxylic acids is 2. The zero-order valence-electron chi connectivity index (χ0n) is 15.2. The van der Waals surface area contributed by atoms with Crippen LogP contribution in [0.3, 0.4) is 0 Å². The van der Waals surface area contributed by atoms with E-state index in [9.17, 15) is 9.59 Å². The zero-order chi connectivity index (χ0) is 17.6. The highest BCUT2D eigenvalue weighted by atomic mass is 16.2. The summed E-state index contributed by atoms with van der Waals surface area (Å²) in [7, 11) is 2.09. The van der Waals surface area contributed by atoms with E-state index in [1.807, 2.05) is 28.0 Å². The second kappa shape index (κ2) is 8.48. The van der Waals surface area contributed by atoms with Crippen molar-refractivity contribution in [3.05, 3.63) is 35.9 Å². The van der Waals surface area contributed by atoms with Crippen LogP contribution in [0.5, 0.6) is 0 Å². The van der Waals surface area contributed by atoms with Gasteiger partial charge in [0.15, 0.2) is 0 Å². The molecule has 0 N–H and O–H groups in total. The van der Waals surface area contributed by atoms with E-state index in [1.54, 1.807) is 0 Å². The monoisotopic (exact) mass is 343 g/mol. The second-order valence-corrected chi connectivity index (χ2v) is 7.29. The Hall–Kier alpha value is -1.88. The van der Waals surface area contributed by atoms with E-state index in [1.165, 1.54) is 5.56 Å². The Bertz CT molecular complexity index is 582. The van der Waals surface area contributed by atoms with Crippen molar-refractivity contribution in [2.24, 2.45) is 5.92 Å². The van der Waals surface area contributed by atoms with Gasteiger partial charge in [-0.1, -0.05) is 30.3 Å². The van der Waals surface area contributed by atoms with Gasteiger partial charge >= 0.3 is 0 Å². The highest BCUT2D eigenvalue weighted by molar-refractivity contribution is 5.84. The maximum Gasteiger partial charge on any atom is 0.227 e. The van der Waals surface area contributed by atoms with Crippen LogP contribution in [-0.2, 0) is 16.0 Å². The first-order chi connectivity index (χ1) is 12.1. The number of piperazine rings is 1. The van der Waals surface area contributed by atoms with Gasteiger partial charge in [0.05, 0.1) is 5.92 Å². The van der Waals surface area contributed by atoms with Crippen molar-refractivity contribution in [1.29, 1.82) is 0 Å². The number of likely N-dealkylation sites (N-methyl/N-ethyl adjacent to an activating group) is 1. The van der Waals surface area contributed by atoms with Crippen LogP contribution in [0, 0.1) is 5.92 Å². The van der Waals surface area contributed by atoms with E-state index in [2.05, 4.69) is 24.1 Å².